The summed E-state index contributed by atoms with van der Waals surface area (Å²) >= 11 is 4.76. The van der Waals surface area contributed by atoms with E-state index in [0.717, 1.165) is 36.4 Å². The molecule has 0 aliphatic heterocycles. The minimum Gasteiger partial charge on any atom is -0.389 e. The number of nitrogens with two attached hydrogens (primary N) is 1. The van der Waals surface area contributed by atoms with Gasteiger partial charge >= 0.3 is 0 Å². The van der Waals surface area contributed by atoms with Crippen molar-refractivity contribution in [1.29, 1.82) is 0 Å². The van der Waals surface area contributed by atoms with Gasteiger partial charge < -0.3 is 5.73 Å². The second-order valence-corrected chi connectivity index (χ2v) is 6.24. The standard InChI is InChI=1S/C13H10F2N2O2S2/c14-8-1-4-10(5-2-8)21(18,19)17-12-6-3-9(15)7-11(12)13(16)20/h1-7,17H,(H2,16,20). The Labute approximate surface area is 125 Å². The lowest BCUT2D eigenvalue weighted by Crippen LogP contribution is -2.18. The van der Waals surface area contributed by atoms with E-state index in [1.165, 1.54) is 6.07 Å². The molecule has 21 heavy (non-hydrogen) atoms. The quantitative estimate of drug-likeness (QED) is 0.846. The first-order valence-electron chi connectivity index (χ1n) is 5.67. The molecule has 3 N–H and O–H groups in total. The van der Waals surface area contributed by atoms with Crippen molar-refractivity contribution >= 4 is 32.9 Å². The van der Waals surface area contributed by atoms with E-state index in [2.05, 4.69) is 4.72 Å². The van der Waals surface area contributed by atoms with Gasteiger partial charge in [-0.25, -0.2) is 17.2 Å². The highest BCUT2D eigenvalue weighted by Crippen LogP contribution is 2.21. The lowest BCUT2D eigenvalue weighted by atomic mass is 10.2. The molecule has 0 radical (unpaired) electrons. The van der Waals surface area contributed by atoms with Crippen molar-refractivity contribution in [3.05, 3.63) is 59.7 Å². The van der Waals surface area contributed by atoms with Gasteiger partial charge in [-0.05, 0) is 42.5 Å². The van der Waals surface area contributed by atoms with Crippen LogP contribution in [-0.4, -0.2) is 13.4 Å². The first kappa shape index (κ1) is 15.3. The number of anilines is 1. The third-order valence-corrected chi connectivity index (χ3v) is 4.22. The molecule has 110 valence electrons. The third-order valence-electron chi connectivity index (χ3n) is 2.62. The van der Waals surface area contributed by atoms with Crippen molar-refractivity contribution in [2.75, 3.05) is 4.72 Å². The van der Waals surface area contributed by atoms with Crippen LogP contribution in [-0.2, 0) is 10.0 Å². The van der Waals surface area contributed by atoms with Crippen molar-refractivity contribution in [1.82, 2.24) is 0 Å². The van der Waals surface area contributed by atoms with Crippen molar-refractivity contribution in [3.8, 4) is 0 Å². The van der Waals surface area contributed by atoms with Gasteiger partial charge in [-0.1, -0.05) is 12.2 Å². The second-order valence-electron chi connectivity index (χ2n) is 4.11. The molecule has 0 atom stereocenters. The Morgan fingerprint density at radius 2 is 1.62 bits per heavy atom. The molecule has 0 amide bonds. The van der Waals surface area contributed by atoms with Gasteiger partial charge in [0.15, 0.2) is 0 Å². The highest BCUT2D eigenvalue weighted by atomic mass is 32.2. The molecule has 0 spiro atoms. The predicted octanol–water partition coefficient (Wildman–Crippen LogP) is 2.40. The predicted molar refractivity (Wildman–Crippen MR) is 79.5 cm³/mol. The normalized spacial score (nSPS) is 11.1. The highest BCUT2D eigenvalue weighted by molar-refractivity contribution is 7.92. The number of halogens is 2. The largest absolute Gasteiger partial charge is 0.389 e. The Morgan fingerprint density at radius 3 is 2.19 bits per heavy atom. The summed E-state index contributed by atoms with van der Waals surface area (Å²) in [7, 11) is -3.95. The smallest absolute Gasteiger partial charge is 0.261 e. The van der Waals surface area contributed by atoms with E-state index in [0.29, 0.717) is 0 Å². The van der Waals surface area contributed by atoms with Crippen molar-refractivity contribution in [3.63, 3.8) is 0 Å². The maximum atomic E-state index is 13.2. The molecule has 4 nitrogen and oxygen atoms in total. The summed E-state index contributed by atoms with van der Waals surface area (Å²) in [5, 5.41) is 0. The maximum Gasteiger partial charge on any atom is 0.261 e. The molecule has 0 fully saturated rings. The van der Waals surface area contributed by atoms with Gasteiger partial charge in [-0.2, -0.15) is 0 Å². The van der Waals surface area contributed by atoms with Gasteiger partial charge in [0.25, 0.3) is 10.0 Å². The Bertz CT molecular complexity index is 790. The number of sulfonamides is 1. The molecule has 2 aromatic carbocycles. The zero-order valence-electron chi connectivity index (χ0n) is 10.5. The van der Waals surface area contributed by atoms with Crippen LogP contribution in [0.2, 0.25) is 0 Å². The van der Waals surface area contributed by atoms with Gasteiger partial charge in [0.1, 0.15) is 16.6 Å². The molecule has 0 heterocycles. The lowest BCUT2D eigenvalue weighted by Gasteiger charge is -2.12. The summed E-state index contributed by atoms with van der Waals surface area (Å²) in [6.45, 7) is 0. The number of thiocarbonyl (C=S) groups is 1. The number of hydrogen-bond donors (Lipinski definition) is 2. The average molecular weight is 328 g/mol. The van der Waals surface area contributed by atoms with Crippen LogP contribution in [0.5, 0.6) is 0 Å². The van der Waals surface area contributed by atoms with E-state index in [1.54, 1.807) is 0 Å². The Kier molecular flexibility index (Phi) is 4.19. The zero-order valence-corrected chi connectivity index (χ0v) is 12.1. The summed E-state index contributed by atoms with van der Waals surface area (Å²) in [6.07, 6.45) is 0. The zero-order chi connectivity index (χ0) is 15.6. The van der Waals surface area contributed by atoms with Crippen molar-refractivity contribution in [2.45, 2.75) is 4.90 Å². The van der Waals surface area contributed by atoms with Crippen LogP contribution in [0.4, 0.5) is 14.5 Å². The molecule has 0 saturated carbocycles. The molecule has 0 saturated heterocycles. The fourth-order valence-electron chi connectivity index (χ4n) is 1.63. The average Bonchev–Trinajstić information content (AvgIpc) is 2.41. The summed E-state index contributed by atoms with van der Waals surface area (Å²) < 4.78 is 52.6. The van der Waals surface area contributed by atoms with Gasteiger partial charge in [0, 0.05) is 5.56 Å². The van der Waals surface area contributed by atoms with E-state index in [-0.39, 0.29) is 21.1 Å². The highest BCUT2D eigenvalue weighted by Gasteiger charge is 2.17. The molecule has 2 aromatic rings. The molecule has 2 rings (SSSR count). The molecule has 0 unspecified atom stereocenters. The van der Waals surface area contributed by atoms with Gasteiger partial charge in [-0.15, -0.1) is 0 Å². The van der Waals surface area contributed by atoms with Crippen LogP contribution in [0, 0.1) is 11.6 Å². The molecule has 0 aliphatic rings. The third kappa shape index (κ3) is 3.53. The Balaban J connectivity index is 2.41. The number of hydrogen-bond acceptors (Lipinski definition) is 3. The summed E-state index contributed by atoms with van der Waals surface area (Å²) in [5.74, 6) is -1.15. The maximum absolute atomic E-state index is 13.2. The number of benzene rings is 2. The summed E-state index contributed by atoms with van der Waals surface area (Å²) in [5.41, 5.74) is 5.56. The first-order chi connectivity index (χ1) is 9.79. The minimum absolute atomic E-state index is 0.0493. The van der Waals surface area contributed by atoms with Gasteiger partial charge in [0.2, 0.25) is 0 Å². The van der Waals surface area contributed by atoms with E-state index < -0.39 is 21.7 Å². The monoisotopic (exact) mass is 328 g/mol. The molecular formula is C13H10F2N2O2S2. The summed E-state index contributed by atoms with van der Waals surface area (Å²) in [6, 6.07) is 7.59. The first-order valence-corrected chi connectivity index (χ1v) is 7.56. The van der Waals surface area contributed by atoms with E-state index in [1.807, 2.05) is 0 Å². The fourth-order valence-corrected chi connectivity index (χ4v) is 2.88. The van der Waals surface area contributed by atoms with E-state index in [9.17, 15) is 17.2 Å². The Hall–Kier alpha value is -2.06. The van der Waals surface area contributed by atoms with E-state index in [4.69, 9.17) is 18.0 Å². The molecular weight excluding hydrogens is 318 g/mol. The topological polar surface area (TPSA) is 72.2 Å². The van der Waals surface area contributed by atoms with Crippen LogP contribution in [0.1, 0.15) is 5.56 Å². The van der Waals surface area contributed by atoms with Crippen molar-refractivity contribution in [2.24, 2.45) is 5.73 Å². The van der Waals surface area contributed by atoms with Crippen LogP contribution >= 0.6 is 12.2 Å². The lowest BCUT2D eigenvalue weighted by molar-refractivity contribution is 0.599. The van der Waals surface area contributed by atoms with Crippen LogP contribution < -0.4 is 10.5 Å². The van der Waals surface area contributed by atoms with Crippen LogP contribution in [0.15, 0.2) is 47.4 Å². The van der Waals surface area contributed by atoms with Crippen molar-refractivity contribution < 1.29 is 17.2 Å². The van der Waals surface area contributed by atoms with Crippen LogP contribution in [0.3, 0.4) is 0 Å². The van der Waals surface area contributed by atoms with Crippen LogP contribution in [0.25, 0.3) is 0 Å². The number of nitrogens with one attached hydrogen (secondary N) is 1. The summed E-state index contributed by atoms with van der Waals surface area (Å²) in [4.78, 5) is -0.284. The molecule has 0 bridgehead atoms. The molecule has 0 aliphatic carbocycles. The SMILES string of the molecule is NC(=S)c1cc(F)ccc1NS(=O)(=O)c1ccc(F)cc1. The Morgan fingerprint density at radius 1 is 1.05 bits per heavy atom. The van der Waals surface area contributed by atoms with E-state index >= 15 is 0 Å². The minimum atomic E-state index is -3.95. The fraction of sp³-hybridized carbons (Fsp3) is 0. The number of rotatable bonds is 4. The molecule has 0 aromatic heterocycles. The second kappa shape index (κ2) is 5.74. The molecule has 8 heteroatoms. The van der Waals surface area contributed by atoms with Gasteiger partial charge in [0.05, 0.1) is 10.6 Å². The van der Waals surface area contributed by atoms with Gasteiger partial charge in [-0.3, -0.25) is 4.72 Å².